The lowest BCUT2D eigenvalue weighted by Gasteiger charge is -2.06. The third kappa shape index (κ3) is 3.43. The molecule has 0 bridgehead atoms. The van der Waals surface area contributed by atoms with E-state index in [0.717, 1.165) is 32.1 Å². The summed E-state index contributed by atoms with van der Waals surface area (Å²) in [5.74, 6) is 0.626. The van der Waals surface area contributed by atoms with Gasteiger partial charge >= 0.3 is 0 Å². The van der Waals surface area contributed by atoms with Crippen molar-refractivity contribution in [1.82, 2.24) is 9.97 Å². The number of rotatable bonds is 4. The maximum absolute atomic E-state index is 13.2. The largest absolute Gasteiger partial charge is 0.229 e. The number of halogens is 1. The van der Waals surface area contributed by atoms with Crippen molar-refractivity contribution < 1.29 is 4.39 Å². The Hall–Kier alpha value is -2.24. The molecule has 2 heterocycles. The predicted molar refractivity (Wildman–Crippen MR) is 104 cm³/mol. The van der Waals surface area contributed by atoms with Crippen LogP contribution in [0.3, 0.4) is 0 Å². The first-order chi connectivity index (χ1) is 12.2. The minimum Gasteiger partial charge on any atom is -0.229 e. The van der Waals surface area contributed by atoms with E-state index in [1.54, 1.807) is 41.6 Å². The Morgan fingerprint density at radius 2 is 1.92 bits per heavy atom. The van der Waals surface area contributed by atoms with Gasteiger partial charge in [0.15, 0.2) is 0 Å². The van der Waals surface area contributed by atoms with E-state index in [2.05, 4.69) is 46.5 Å². The molecule has 0 fully saturated rings. The van der Waals surface area contributed by atoms with E-state index in [1.165, 1.54) is 23.3 Å². The van der Waals surface area contributed by atoms with E-state index in [0.29, 0.717) is 0 Å². The van der Waals surface area contributed by atoms with E-state index in [9.17, 15) is 4.39 Å². The van der Waals surface area contributed by atoms with Crippen molar-refractivity contribution in [3.8, 4) is 11.1 Å². The van der Waals surface area contributed by atoms with Gasteiger partial charge in [-0.25, -0.2) is 14.4 Å². The summed E-state index contributed by atoms with van der Waals surface area (Å²) in [5.41, 5.74) is 4.58. The molecule has 0 aliphatic carbocycles. The fourth-order valence-corrected chi connectivity index (χ4v) is 4.69. The zero-order valence-corrected chi connectivity index (χ0v) is 15.2. The Labute approximate surface area is 153 Å². The Bertz CT molecular complexity index is 1030. The van der Waals surface area contributed by atoms with Gasteiger partial charge in [0.2, 0.25) is 0 Å². The van der Waals surface area contributed by atoms with Crippen LogP contribution in [0.1, 0.15) is 11.1 Å². The highest BCUT2D eigenvalue weighted by Crippen LogP contribution is 2.38. The number of aryl methyl sites for hydroxylation is 1. The van der Waals surface area contributed by atoms with Crippen LogP contribution < -0.4 is 0 Å². The van der Waals surface area contributed by atoms with Crippen LogP contribution in [0, 0.1) is 12.7 Å². The molecule has 124 valence electrons. The van der Waals surface area contributed by atoms with Crippen molar-refractivity contribution >= 4 is 33.3 Å². The fraction of sp³-hybridized carbons (Fsp3) is 0.100. The molecule has 25 heavy (non-hydrogen) atoms. The lowest BCUT2D eigenvalue weighted by atomic mass is 10.1. The number of benzene rings is 2. The van der Waals surface area contributed by atoms with Crippen molar-refractivity contribution in [2.45, 2.75) is 17.7 Å². The van der Waals surface area contributed by atoms with Crippen molar-refractivity contribution in [1.29, 1.82) is 0 Å². The Morgan fingerprint density at radius 3 is 2.72 bits per heavy atom. The lowest BCUT2D eigenvalue weighted by Crippen LogP contribution is -1.88. The van der Waals surface area contributed by atoms with Gasteiger partial charge < -0.3 is 0 Å². The third-order valence-electron chi connectivity index (χ3n) is 3.95. The molecule has 0 saturated carbocycles. The van der Waals surface area contributed by atoms with E-state index < -0.39 is 0 Å². The number of hydrogen-bond acceptors (Lipinski definition) is 4. The SMILES string of the molecule is Cc1cccc(CSc2ncnc3scc(-c4ccc(F)cc4)c23)c1. The van der Waals surface area contributed by atoms with Gasteiger partial charge in [0.1, 0.15) is 22.0 Å². The standard InChI is InChI=1S/C20H15FN2S2/c1-13-3-2-4-14(9-13)10-24-19-18-17(11-25-20(18)23-12-22-19)15-5-7-16(21)8-6-15/h2-9,11-12H,10H2,1H3. The van der Waals surface area contributed by atoms with E-state index in [1.807, 2.05) is 0 Å². The van der Waals surface area contributed by atoms with Gasteiger partial charge in [-0.2, -0.15) is 0 Å². The highest BCUT2D eigenvalue weighted by molar-refractivity contribution is 7.98. The molecule has 2 aromatic carbocycles. The molecular formula is C20H15FN2S2. The molecule has 0 unspecified atom stereocenters. The van der Waals surface area contributed by atoms with Crippen molar-refractivity contribution in [2.24, 2.45) is 0 Å². The smallest absolute Gasteiger partial charge is 0.128 e. The zero-order chi connectivity index (χ0) is 17.2. The first kappa shape index (κ1) is 16.2. The normalized spacial score (nSPS) is 11.1. The second kappa shape index (κ2) is 6.94. The molecule has 2 aromatic heterocycles. The first-order valence-corrected chi connectivity index (χ1v) is 9.74. The van der Waals surface area contributed by atoms with Gasteiger partial charge in [0.25, 0.3) is 0 Å². The number of aromatic nitrogens is 2. The van der Waals surface area contributed by atoms with Crippen molar-refractivity contribution in [2.75, 3.05) is 0 Å². The summed E-state index contributed by atoms with van der Waals surface area (Å²) in [4.78, 5) is 9.86. The summed E-state index contributed by atoms with van der Waals surface area (Å²) in [7, 11) is 0. The Balaban J connectivity index is 1.71. The molecule has 4 rings (SSSR count). The van der Waals surface area contributed by atoms with Gasteiger partial charge in [-0.05, 0) is 30.2 Å². The van der Waals surface area contributed by atoms with Crippen LogP contribution in [0.2, 0.25) is 0 Å². The lowest BCUT2D eigenvalue weighted by molar-refractivity contribution is 0.628. The van der Waals surface area contributed by atoms with Gasteiger partial charge in [0, 0.05) is 16.7 Å². The number of thioether (sulfide) groups is 1. The summed E-state index contributed by atoms with van der Waals surface area (Å²) >= 11 is 3.30. The molecule has 0 radical (unpaired) electrons. The molecule has 5 heteroatoms. The monoisotopic (exact) mass is 366 g/mol. The van der Waals surface area contributed by atoms with E-state index in [-0.39, 0.29) is 5.82 Å². The number of thiophene rings is 1. The Morgan fingerprint density at radius 1 is 1.08 bits per heavy atom. The molecule has 0 atom stereocenters. The van der Waals surface area contributed by atoms with Crippen LogP contribution in [0.15, 0.2) is 65.3 Å². The summed E-state index contributed by atoms with van der Waals surface area (Å²) < 4.78 is 13.2. The quantitative estimate of drug-likeness (QED) is 0.322. The maximum Gasteiger partial charge on any atom is 0.128 e. The minimum absolute atomic E-state index is 0.228. The summed E-state index contributed by atoms with van der Waals surface area (Å²) in [6.45, 7) is 2.10. The summed E-state index contributed by atoms with van der Waals surface area (Å²) in [5, 5.41) is 4.09. The molecule has 0 aliphatic heterocycles. The van der Waals surface area contributed by atoms with Gasteiger partial charge in [-0.15, -0.1) is 23.1 Å². The second-order valence-corrected chi connectivity index (χ2v) is 7.62. The van der Waals surface area contributed by atoms with Crippen LogP contribution in [-0.2, 0) is 5.75 Å². The van der Waals surface area contributed by atoms with Gasteiger partial charge in [-0.3, -0.25) is 0 Å². The fourth-order valence-electron chi connectivity index (χ4n) is 2.75. The molecule has 0 aliphatic rings. The van der Waals surface area contributed by atoms with Crippen LogP contribution in [0.4, 0.5) is 4.39 Å². The second-order valence-electron chi connectivity index (χ2n) is 5.79. The molecule has 0 N–H and O–H groups in total. The minimum atomic E-state index is -0.228. The average molecular weight is 366 g/mol. The highest BCUT2D eigenvalue weighted by Gasteiger charge is 2.13. The third-order valence-corrected chi connectivity index (χ3v) is 5.90. The number of fused-ring (bicyclic) bond motifs is 1. The van der Waals surface area contributed by atoms with Gasteiger partial charge in [-0.1, -0.05) is 42.0 Å². The number of hydrogen-bond donors (Lipinski definition) is 0. The Kier molecular flexibility index (Phi) is 4.51. The van der Waals surface area contributed by atoms with Crippen LogP contribution in [0.25, 0.3) is 21.3 Å². The van der Waals surface area contributed by atoms with Crippen molar-refractivity contribution in [3.05, 3.63) is 77.2 Å². The number of nitrogens with zero attached hydrogens (tertiary/aromatic N) is 2. The van der Waals surface area contributed by atoms with Crippen molar-refractivity contribution in [3.63, 3.8) is 0 Å². The molecule has 2 nitrogen and oxygen atoms in total. The summed E-state index contributed by atoms with van der Waals surface area (Å²) in [6.07, 6.45) is 1.62. The average Bonchev–Trinajstić information content (AvgIpc) is 3.05. The maximum atomic E-state index is 13.2. The van der Waals surface area contributed by atoms with Crippen LogP contribution in [0.5, 0.6) is 0 Å². The van der Waals surface area contributed by atoms with Crippen LogP contribution in [-0.4, -0.2) is 9.97 Å². The van der Waals surface area contributed by atoms with E-state index in [4.69, 9.17) is 0 Å². The first-order valence-electron chi connectivity index (χ1n) is 7.87. The molecule has 4 aromatic rings. The van der Waals surface area contributed by atoms with Crippen LogP contribution >= 0.6 is 23.1 Å². The van der Waals surface area contributed by atoms with E-state index >= 15 is 0 Å². The molecule has 0 saturated heterocycles. The summed E-state index contributed by atoms with van der Waals surface area (Å²) in [6, 6.07) is 15.1. The zero-order valence-electron chi connectivity index (χ0n) is 13.6. The molecule has 0 spiro atoms. The molecule has 0 amide bonds. The molecular weight excluding hydrogens is 351 g/mol. The highest BCUT2D eigenvalue weighted by atomic mass is 32.2. The topological polar surface area (TPSA) is 25.8 Å². The van der Waals surface area contributed by atoms with Gasteiger partial charge in [0.05, 0.1) is 5.39 Å². The predicted octanol–water partition coefficient (Wildman–Crippen LogP) is 6.10.